The van der Waals surface area contributed by atoms with Crippen LogP contribution in [-0.2, 0) is 4.74 Å². The van der Waals surface area contributed by atoms with Crippen molar-refractivity contribution in [2.75, 3.05) is 30.4 Å². The number of benzene rings is 3. The Morgan fingerprint density at radius 3 is 1.91 bits per heavy atom. The first-order valence-electron chi connectivity index (χ1n) is 10.8. The van der Waals surface area contributed by atoms with Crippen molar-refractivity contribution >= 4 is 40.7 Å². The van der Waals surface area contributed by atoms with Gasteiger partial charge in [0.1, 0.15) is 0 Å². The maximum absolute atomic E-state index is 12.0. The lowest BCUT2D eigenvalue weighted by Gasteiger charge is -2.43. The molecule has 0 aromatic heterocycles. The van der Waals surface area contributed by atoms with Crippen molar-refractivity contribution in [3.8, 4) is 0 Å². The van der Waals surface area contributed by atoms with Crippen molar-refractivity contribution in [1.29, 1.82) is 0 Å². The molecule has 3 aromatic rings. The van der Waals surface area contributed by atoms with Gasteiger partial charge in [0.25, 0.3) is 0 Å². The molecule has 1 N–H and O–H groups in total. The lowest BCUT2D eigenvalue weighted by molar-refractivity contribution is 0.187. The molecule has 3 aromatic carbocycles. The number of amides is 1. The van der Waals surface area contributed by atoms with Crippen LogP contribution in [0.25, 0.3) is 0 Å². The van der Waals surface area contributed by atoms with Crippen LogP contribution in [0.3, 0.4) is 0 Å². The predicted octanol–water partition coefficient (Wildman–Crippen LogP) is 7.05. The highest BCUT2D eigenvalue weighted by molar-refractivity contribution is 6.30. The summed E-state index contributed by atoms with van der Waals surface area (Å²) in [4.78, 5) is 14.5. The van der Waals surface area contributed by atoms with Gasteiger partial charge in [0.05, 0.1) is 7.11 Å². The van der Waals surface area contributed by atoms with Crippen molar-refractivity contribution in [3.63, 3.8) is 0 Å². The number of halogens is 2. The molecule has 0 aliphatic carbocycles. The summed E-state index contributed by atoms with van der Waals surface area (Å²) in [6.07, 6.45) is 1.52. The predicted molar refractivity (Wildman–Crippen MR) is 131 cm³/mol. The molecule has 2 aliphatic heterocycles. The standard InChI is InChI=1S/C26H24Cl2N2O2/c1-32-26(31)29-20-14-23-21(16-4-2-6-18(27)12-16)8-10-30-11-9-22(24(15-20)25(23)30)17-5-3-7-19(28)13-17/h2-7,12-15,21-22H,8-11H2,1H3,(H,29,31)/t21-,22-/m0/s1. The number of ether oxygens (including phenoxy) is 1. The first-order valence-corrected chi connectivity index (χ1v) is 11.6. The van der Waals surface area contributed by atoms with E-state index in [-0.39, 0.29) is 11.8 Å². The summed E-state index contributed by atoms with van der Waals surface area (Å²) in [6.45, 7) is 1.98. The van der Waals surface area contributed by atoms with E-state index in [1.807, 2.05) is 36.4 Å². The van der Waals surface area contributed by atoms with Crippen LogP contribution in [0.1, 0.15) is 46.9 Å². The highest BCUT2D eigenvalue weighted by atomic mass is 35.5. The van der Waals surface area contributed by atoms with Gasteiger partial charge in [-0.3, -0.25) is 5.32 Å². The first kappa shape index (κ1) is 21.2. The van der Waals surface area contributed by atoms with Gasteiger partial charge in [-0.15, -0.1) is 0 Å². The van der Waals surface area contributed by atoms with E-state index >= 15 is 0 Å². The first-order chi connectivity index (χ1) is 15.5. The Labute approximate surface area is 198 Å². The van der Waals surface area contributed by atoms with E-state index in [2.05, 4.69) is 34.5 Å². The van der Waals surface area contributed by atoms with Gasteiger partial charge >= 0.3 is 6.09 Å². The molecule has 2 atom stereocenters. The highest BCUT2D eigenvalue weighted by Crippen LogP contribution is 2.50. The minimum Gasteiger partial charge on any atom is -0.453 e. The van der Waals surface area contributed by atoms with Crippen LogP contribution in [-0.4, -0.2) is 26.3 Å². The van der Waals surface area contributed by atoms with Crippen molar-refractivity contribution in [2.45, 2.75) is 24.7 Å². The fourth-order valence-corrected chi connectivity index (χ4v) is 5.57. The number of carbonyl (C=O) groups is 1. The summed E-state index contributed by atoms with van der Waals surface area (Å²) in [6, 6.07) is 20.4. The van der Waals surface area contributed by atoms with Crippen LogP contribution in [0, 0.1) is 0 Å². The van der Waals surface area contributed by atoms with E-state index in [1.54, 1.807) is 0 Å². The molecule has 0 fully saturated rings. The van der Waals surface area contributed by atoms with E-state index in [1.165, 1.54) is 35.1 Å². The quantitative estimate of drug-likeness (QED) is 0.449. The molecule has 6 heteroatoms. The number of hydrogen-bond acceptors (Lipinski definition) is 3. The maximum Gasteiger partial charge on any atom is 0.411 e. The Balaban J connectivity index is 1.68. The lowest BCUT2D eigenvalue weighted by atomic mass is 9.76. The van der Waals surface area contributed by atoms with Crippen LogP contribution < -0.4 is 10.2 Å². The number of methoxy groups -OCH3 is 1. The van der Waals surface area contributed by atoms with Gasteiger partial charge in [-0.25, -0.2) is 4.79 Å². The Morgan fingerprint density at radius 1 is 0.906 bits per heavy atom. The molecular formula is C26H24Cl2N2O2. The molecular weight excluding hydrogens is 443 g/mol. The van der Waals surface area contributed by atoms with Crippen LogP contribution in [0.4, 0.5) is 16.2 Å². The van der Waals surface area contributed by atoms with Crippen LogP contribution in [0.5, 0.6) is 0 Å². The molecule has 2 aliphatic rings. The van der Waals surface area contributed by atoms with Gasteiger partial charge < -0.3 is 9.64 Å². The van der Waals surface area contributed by atoms with E-state index in [0.717, 1.165) is 41.7 Å². The molecule has 0 saturated heterocycles. The number of anilines is 2. The second-order valence-electron chi connectivity index (χ2n) is 8.40. The van der Waals surface area contributed by atoms with E-state index < -0.39 is 6.09 Å². The van der Waals surface area contributed by atoms with Gasteiger partial charge in [-0.1, -0.05) is 47.5 Å². The van der Waals surface area contributed by atoms with Crippen LogP contribution >= 0.6 is 23.2 Å². The average molecular weight is 467 g/mol. The topological polar surface area (TPSA) is 41.6 Å². The third-order valence-electron chi connectivity index (χ3n) is 6.55. The molecule has 0 spiro atoms. The number of carbonyl (C=O) groups excluding carboxylic acids is 1. The van der Waals surface area contributed by atoms with Gasteiger partial charge in [0.15, 0.2) is 0 Å². The summed E-state index contributed by atoms with van der Waals surface area (Å²) >= 11 is 12.7. The molecule has 0 unspecified atom stereocenters. The van der Waals surface area contributed by atoms with Gasteiger partial charge in [-0.2, -0.15) is 0 Å². The molecule has 0 bridgehead atoms. The van der Waals surface area contributed by atoms with Crippen molar-refractivity contribution in [2.24, 2.45) is 0 Å². The maximum atomic E-state index is 12.0. The molecule has 0 saturated carbocycles. The lowest BCUT2D eigenvalue weighted by Crippen LogP contribution is -2.37. The summed E-state index contributed by atoms with van der Waals surface area (Å²) < 4.78 is 4.87. The Bertz CT molecular complexity index is 1100. The third-order valence-corrected chi connectivity index (χ3v) is 7.02. The highest BCUT2D eigenvalue weighted by Gasteiger charge is 2.35. The molecule has 0 radical (unpaired) electrons. The molecule has 5 rings (SSSR count). The smallest absolute Gasteiger partial charge is 0.411 e. The monoisotopic (exact) mass is 466 g/mol. The largest absolute Gasteiger partial charge is 0.453 e. The molecule has 164 valence electrons. The zero-order chi connectivity index (χ0) is 22.2. The fourth-order valence-electron chi connectivity index (χ4n) is 5.17. The van der Waals surface area contributed by atoms with E-state index in [0.29, 0.717) is 0 Å². The second-order valence-corrected chi connectivity index (χ2v) is 9.27. The minimum atomic E-state index is -0.473. The summed E-state index contributed by atoms with van der Waals surface area (Å²) in [5.74, 6) is 0.410. The van der Waals surface area contributed by atoms with Crippen LogP contribution in [0.2, 0.25) is 10.0 Å². The second kappa shape index (κ2) is 8.68. The number of rotatable bonds is 3. The van der Waals surface area contributed by atoms with E-state index in [4.69, 9.17) is 27.9 Å². The average Bonchev–Trinajstić information content (AvgIpc) is 2.79. The third kappa shape index (κ3) is 3.94. The normalized spacial score (nSPS) is 19.3. The zero-order valence-corrected chi connectivity index (χ0v) is 19.3. The van der Waals surface area contributed by atoms with Gasteiger partial charge in [-0.05, 0) is 71.5 Å². The SMILES string of the molecule is COC(=O)Nc1cc2c3c(c1)[C@H](c1cccc(Cl)c1)CCN3CC[C@H]2c1cccc(Cl)c1. The Kier molecular flexibility index (Phi) is 5.75. The number of hydrogen-bond donors (Lipinski definition) is 1. The molecule has 2 heterocycles. The Morgan fingerprint density at radius 2 is 1.44 bits per heavy atom. The van der Waals surface area contributed by atoms with Gasteiger partial charge in [0.2, 0.25) is 0 Å². The van der Waals surface area contributed by atoms with Crippen LogP contribution in [0.15, 0.2) is 60.7 Å². The molecule has 1 amide bonds. The number of nitrogens with zero attached hydrogens (tertiary/aromatic N) is 1. The zero-order valence-electron chi connectivity index (χ0n) is 17.8. The van der Waals surface area contributed by atoms with Crippen molar-refractivity contribution < 1.29 is 9.53 Å². The number of nitrogens with one attached hydrogen (secondary N) is 1. The summed E-state index contributed by atoms with van der Waals surface area (Å²) in [7, 11) is 1.38. The minimum absolute atomic E-state index is 0.205. The molecule has 32 heavy (non-hydrogen) atoms. The van der Waals surface area contributed by atoms with Crippen molar-refractivity contribution in [3.05, 3.63) is 93.0 Å². The van der Waals surface area contributed by atoms with Gasteiger partial charge in [0, 0.05) is 46.3 Å². The summed E-state index contributed by atoms with van der Waals surface area (Å²) in [5, 5.41) is 4.36. The molecule has 4 nitrogen and oxygen atoms in total. The Hall–Kier alpha value is -2.69. The van der Waals surface area contributed by atoms with E-state index in [9.17, 15) is 4.79 Å². The summed E-state index contributed by atoms with van der Waals surface area (Å²) in [5.41, 5.74) is 6.84. The van der Waals surface area contributed by atoms with Crippen molar-refractivity contribution in [1.82, 2.24) is 0 Å². The fraction of sp³-hybridized carbons (Fsp3) is 0.269.